The molecule has 2 heterocycles. The first-order chi connectivity index (χ1) is 27.8. The molecule has 4 aromatic rings. The fraction of sp³-hybridized carbons (Fsp3) is 0.318. The first-order valence-corrected chi connectivity index (χ1v) is 18.6. The number of ether oxygens (including phenoxy) is 4. The van der Waals surface area contributed by atoms with Gasteiger partial charge in [-0.1, -0.05) is 60.7 Å². The molecule has 6 amide bonds. The fourth-order valence-corrected chi connectivity index (χ4v) is 7.85. The lowest BCUT2D eigenvalue weighted by Gasteiger charge is -2.33. The number of likely N-dealkylation sites (N-methyl/N-ethyl adjacent to an activating group) is 2. The maximum absolute atomic E-state index is 15.5. The normalized spacial score (nSPS) is 20.1. The predicted molar refractivity (Wildman–Crippen MR) is 212 cm³/mol. The average Bonchev–Trinajstić information content (AvgIpc) is 3.62. The molecule has 0 saturated carbocycles. The van der Waals surface area contributed by atoms with Crippen molar-refractivity contribution in [3.63, 3.8) is 0 Å². The van der Waals surface area contributed by atoms with Gasteiger partial charge < -0.3 is 28.7 Å². The number of rotatable bonds is 13. The van der Waals surface area contributed by atoms with E-state index in [9.17, 15) is 9.59 Å². The van der Waals surface area contributed by atoms with Gasteiger partial charge in [-0.05, 0) is 61.4 Å². The van der Waals surface area contributed by atoms with Crippen molar-refractivity contribution in [2.45, 2.75) is 38.0 Å². The number of carbonyl (C=O) groups is 6. The second kappa shape index (κ2) is 16.8. The largest absolute Gasteiger partial charge is 0.493 e. The van der Waals surface area contributed by atoms with Crippen molar-refractivity contribution in [1.29, 1.82) is 0 Å². The summed E-state index contributed by atoms with van der Waals surface area (Å²) in [6.45, 7) is 3.52. The van der Waals surface area contributed by atoms with Crippen molar-refractivity contribution >= 4 is 35.4 Å². The first-order valence-electron chi connectivity index (χ1n) is 18.6. The Morgan fingerprint density at radius 3 is 1.14 bits per heavy atom. The standard InChI is InChI=1S/C44H46N4O10/c1-25-37(27-15-11-9-12-16-27)47(43(53)45(25)3)41(51)35(39(49)29-19-21-31(55-5)33(23-29)57-7)36(40(50)30-20-22-32(56-6)34(24-30)58-8)42(52)48-38(26(2)46(4)44(48)54)28-17-13-10-14-18-28/h9-26,35-38H,1-8H3/t25-,26-,35-,36-,37-,38-/m1/s1. The van der Waals surface area contributed by atoms with E-state index in [0.29, 0.717) is 11.1 Å². The lowest BCUT2D eigenvalue weighted by Crippen LogP contribution is -2.53. The summed E-state index contributed by atoms with van der Waals surface area (Å²) in [6.07, 6.45) is 0. The molecule has 2 fully saturated rings. The number of nitrogens with zero attached hydrogens (tertiary/aromatic N) is 4. The van der Waals surface area contributed by atoms with Gasteiger partial charge in [-0.15, -0.1) is 0 Å². The van der Waals surface area contributed by atoms with E-state index in [1.807, 2.05) is 0 Å². The summed E-state index contributed by atoms with van der Waals surface area (Å²) in [5.74, 6) is -7.68. The molecule has 302 valence electrons. The molecule has 0 bridgehead atoms. The Morgan fingerprint density at radius 1 is 0.500 bits per heavy atom. The van der Waals surface area contributed by atoms with Crippen LogP contribution in [0.3, 0.4) is 0 Å². The van der Waals surface area contributed by atoms with Crippen molar-refractivity contribution in [2.75, 3.05) is 42.5 Å². The first kappa shape index (κ1) is 40.9. The van der Waals surface area contributed by atoms with E-state index in [4.69, 9.17) is 18.9 Å². The van der Waals surface area contributed by atoms with Gasteiger partial charge in [0, 0.05) is 25.2 Å². The zero-order valence-corrected chi connectivity index (χ0v) is 33.6. The molecule has 58 heavy (non-hydrogen) atoms. The van der Waals surface area contributed by atoms with Gasteiger partial charge in [-0.3, -0.25) is 29.0 Å². The monoisotopic (exact) mass is 790 g/mol. The van der Waals surface area contributed by atoms with Crippen LogP contribution in [0, 0.1) is 11.8 Å². The van der Waals surface area contributed by atoms with Gasteiger partial charge in [0.05, 0.1) is 52.6 Å². The number of urea groups is 2. The fourth-order valence-electron chi connectivity index (χ4n) is 7.85. The van der Waals surface area contributed by atoms with Crippen molar-refractivity contribution < 1.29 is 47.7 Å². The Bertz CT molecular complexity index is 2070. The third kappa shape index (κ3) is 7.10. The lowest BCUT2D eigenvalue weighted by molar-refractivity contribution is -0.141. The van der Waals surface area contributed by atoms with Crippen LogP contribution in [-0.2, 0) is 9.59 Å². The molecule has 0 aromatic heterocycles. The average molecular weight is 791 g/mol. The molecule has 0 radical (unpaired) electrons. The number of ketones is 2. The summed E-state index contributed by atoms with van der Waals surface area (Å²) in [6, 6.07) is 21.5. The van der Waals surface area contributed by atoms with Crippen molar-refractivity contribution in [3.8, 4) is 23.0 Å². The van der Waals surface area contributed by atoms with Gasteiger partial charge >= 0.3 is 12.1 Å². The van der Waals surface area contributed by atoms with Gasteiger partial charge in [0.2, 0.25) is 11.8 Å². The number of methoxy groups -OCH3 is 4. The Morgan fingerprint density at radius 2 is 0.828 bits per heavy atom. The Labute approximate surface area is 336 Å². The van der Waals surface area contributed by atoms with E-state index in [1.165, 1.54) is 88.7 Å². The molecule has 6 atom stereocenters. The van der Waals surface area contributed by atoms with Crippen LogP contribution in [0.2, 0.25) is 0 Å². The van der Waals surface area contributed by atoms with Gasteiger partial charge in [0.15, 0.2) is 34.6 Å². The minimum atomic E-state index is -2.18. The van der Waals surface area contributed by atoms with Gasteiger partial charge in [-0.25, -0.2) is 9.59 Å². The highest BCUT2D eigenvalue weighted by atomic mass is 16.5. The zero-order valence-electron chi connectivity index (χ0n) is 33.6. The number of hydrogen-bond donors (Lipinski definition) is 0. The second-order valence-electron chi connectivity index (χ2n) is 14.2. The summed E-state index contributed by atoms with van der Waals surface area (Å²) in [4.78, 5) is 94.7. The van der Waals surface area contributed by atoms with Crippen molar-refractivity contribution in [2.24, 2.45) is 11.8 Å². The van der Waals surface area contributed by atoms with Gasteiger partial charge in [0.25, 0.3) is 0 Å². The quantitative estimate of drug-likeness (QED) is 0.115. The highest BCUT2D eigenvalue weighted by Gasteiger charge is 2.56. The SMILES string of the molecule is COc1ccc(C(=O)[C@H](C(=O)N2C(=O)N(C)[C@H](C)[C@@H]2c2ccccc2)[C@H](C(=O)c2ccc(OC)c(OC)c2)C(=O)N2C(=O)N(C)[C@H](C)[C@@H]2c2ccccc2)cc1OC. The summed E-state index contributed by atoms with van der Waals surface area (Å²) in [5, 5.41) is 0. The molecule has 14 nitrogen and oxygen atoms in total. The molecule has 2 aliphatic heterocycles. The molecule has 0 aliphatic carbocycles. The van der Waals surface area contributed by atoms with Crippen LogP contribution in [0.1, 0.15) is 57.8 Å². The van der Waals surface area contributed by atoms with E-state index < -0.39 is 71.4 Å². The van der Waals surface area contributed by atoms with E-state index in [1.54, 1.807) is 74.5 Å². The van der Waals surface area contributed by atoms with E-state index in [0.717, 1.165) is 9.80 Å². The summed E-state index contributed by atoms with van der Waals surface area (Å²) < 4.78 is 21.8. The third-order valence-corrected chi connectivity index (χ3v) is 11.2. The highest BCUT2D eigenvalue weighted by molar-refractivity contribution is 6.23. The highest BCUT2D eigenvalue weighted by Crippen LogP contribution is 2.42. The number of hydrogen-bond acceptors (Lipinski definition) is 10. The van der Waals surface area contributed by atoms with E-state index in [2.05, 4.69) is 0 Å². The second-order valence-corrected chi connectivity index (χ2v) is 14.2. The van der Waals surface area contributed by atoms with E-state index in [-0.39, 0.29) is 34.1 Å². The van der Waals surface area contributed by atoms with Gasteiger partial charge in [0.1, 0.15) is 11.8 Å². The molecule has 2 aliphatic rings. The summed E-state index contributed by atoms with van der Waals surface area (Å²) in [7, 11) is 8.62. The molecular weight excluding hydrogens is 745 g/mol. The van der Waals surface area contributed by atoms with Crippen LogP contribution in [0.5, 0.6) is 23.0 Å². The molecule has 6 rings (SSSR count). The van der Waals surface area contributed by atoms with Crippen molar-refractivity contribution in [1.82, 2.24) is 19.6 Å². The molecule has 2 saturated heterocycles. The predicted octanol–water partition coefficient (Wildman–Crippen LogP) is 6.07. The zero-order chi connectivity index (χ0) is 42.0. The minimum Gasteiger partial charge on any atom is -0.493 e. The number of imide groups is 2. The third-order valence-electron chi connectivity index (χ3n) is 11.2. The van der Waals surface area contributed by atoms with Crippen LogP contribution in [0.4, 0.5) is 9.59 Å². The van der Waals surface area contributed by atoms with E-state index >= 15 is 19.2 Å². The smallest absolute Gasteiger partial charge is 0.327 e. The Hall–Kier alpha value is -6.70. The lowest BCUT2D eigenvalue weighted by atomic mass is 9.78. The molecule has 0 spiro atoms. The van der Waals surface area contributed by atoms with Crippen LogP contribution < -0.4 is 18.9 Å². The Kier molecular flexibility index (Phi) is 11.9. The molecule has 0 unspecified atom stereocenters. The summed E-state index contributed by atoms with van der Waals surface area (Å²) >= 11 is 0. The molecular formula is C44H46N4O10. The number of Topliss-reactive ketones (excluding diaryl/α,β-unsaturated/α-hetero) is 2. The maximum atomic E-state index is 15.5. The Balaban J connectivity index is 1.62. The topological polar surface area (TPSA) is 152 Å². The molecule has 4 aromatic carbocycles. The van der Waals surface area contributed by atoms with Crippen molar-refractivity contribution in [3.05, 3.63) is 119 Å². The number of benzene rings is 4. The molecule has 14 heteroatoms. The van der Waals surface area contributed by atoms with Crippen LogP contribution in [-0.4, -0.2) is 110 Å². The number of carbonyl (C=O) groups excluding carboxylic acids is 6. The minimum absolute atomic E-state index is 0.115. The van der Waals surface area contributed by atoms with Crippen LogP contribution >= 0.6 is 0 Å². The summed E-state index contributed by atoms with van der Waals surface area (Å²) in [5.41, 5.74) is 0.940. The van der Waals surface area contributed by atoms with Crippen LogP contribution in [0.15, 0.2) is 97.1 Å². The van der Waals surface area contributed by atoms with Crippen LogP contribution in [0.25, 0.3) is 0 Å². The maximum Gasteiger partial charge on any atom is 0.327 e. The van der Waals surface area contributed by atoms with Gasteiger partial charge in [-0.2, -0.15) is 0 Å². The number of amides is 6. The molecule has 0 N–H and O–H groups in total.